The van der Waals surface area contributed by atoms with Gasteiger partial charge in [-0.3, -0.25) is 9.59 Å². The molecular formula is C37H44N2O7S. The quantitative estimate of drug-likeness (QED) is 0.115. The third kappa shape index (κ3) is 9.70. The number of carbonyl (C=O) groups excluding carboxylic acids is 2. The topological polar surface area (TPSA) is 127 Å². The number of rotatable bonds is 18. The molecule has 0 aliphatic carbocycles. The van der Waals surface area contributed by atoms with Crippen molar-refractivity contribution in [1.29, 1.82) is 0 Å². The lowest BCUT2D eigenvalue weighted by Gasteiger charge is -2.30. The number of sulfonamides is 1. The molecule has 1 aromatic heterocycles. The molecule has 0 saturated carbocycles. The molecule has 10 heteroatoms. The molecule has 2 atom stereocenters. The molecule has 0 spiro atoms. The molecule has 0 aliphatic heterocycles. The Bertz CT molecular complexity index is 1700. The van der Waals surface area contributed by atoms with E-state index in [-0.39, 0.29) is 41.9 Å². The van der Waals surface area contributed by atoms with Crippen molar-refractivity contribution in [1.82, 2.24) is 9.29 Å². The van der Waals surface area contributed by atoms with Gasteiger partial charge < -0.3 is 14.3 Å². The van der Waals surface area contributed by atoms with E-state index in [9.17, 15) is 23.1 Å². The van der Waals surface area contributed by atoms with Gasteiger partial charge in [-0.25, -0.2) is 13.4 Å². The van der Waals surface area contributed by atoms with Crippen LogP contribution in [0.15, 0.2) is 94.7 Å². The Hall–Kier alpha value is -4.12. The van der Waals surface area contributed by atoms with E-state index in [1.165, 1.54) is 36.1 Å². The molecule has 250 valence electrons. The van der Waals surface area contributed by atoms with Crippen molar-refractivity contribution in [3.05, 3.63) is 102 Å². The van der Waals surface area contributed by atoms with E-state index in [0.29, 0.717) is 41.0 Å². The minimum atomic E-state index is -3.98. The maximum atomic E-state index is 14.0. The van der Waals surface area contributed by atoms with Gasteiger partial charge in [-0.2, -0.15) is 4.31 Å². The van der Waals surface area contributed by atoms with Gasteiger partial charge in [-0.15, -0.1) is 0 Å². The summed E-state index contributed by atoms with van der Waals surface area (Å²) in [5.74, 6) is -0.0344. The number of aliphatic hydroxyl groups is 1. The Morgan fingerprint density at radius 1 is 0.957 bits per heavy atom. The number of benzene rings is 3. The zero-order valence-corrected chi connectivity index (χ0v) is 28.3. The van der Waals surface area contributed by atoms with Crippen molar-refractivity contribution in [2.24, 2.45) is 11.8 Å². The van der Waals surface area contributed by atoms with Gasteiger partial charge in [0.2, 0.25) is 10.0 Å². The van der Waals surface area contributed by atoms with Crippen molar-refractivity contribution in [2.45, 2.75) is 63.9 Å². The minimum Gasteiger partial charge on any atom is -0.497 e. The predicted molar refractivity (Wildman–Crippen MR) is 181 cm³/mol. The van der Waals surface area contributed by atoms with Crippen LogP contribution in [0.5, 0.6) is 5.75 Å². The van der Waals surface area contributed by atoms with E-state index in [4.69, 9.17) is 9.15 Å². The fourth-order valence-electron chi connectivity index (χ4n) is 5.48. The number of hydrogen-bond donors (Lipinski definition) is 1. The standard InChI is InChI=1S/C37H44N2O7S/c1-5-6-12-34(40)29-18-30(20-31(19-29)37-22-38-25-46-37)35(41)21-28(17-27-10-8-7-9-11-27)36(42)24-39(23-26(2)3)47(43,44)33-15-13-32(45-4)14-16-33/h7-11,13-16,18-20,22,25-26,28,36,42H,5-6,12,17,21,23-24H2,1-4H3/t28-,36-/m1/s1. The average Bonchev–Trinajstić information content (AvgIpc) is 3.62. The zero-order valence-electron chi connectivity index (χ0n) is 27.5. The number of aliphatic hydroxyl groups excluding tert-OH is 1. The SMILES string of the molecule is CCCCC(=O)c1cc(C(=O)C[C@@H](Cc2ccccc2)[C@H](O)CN(CC(C)C)S(=O)(=O)c2ccc(OC)cc2)cc(-c2cnco2)c1. The summed E-state index contributed by atoms with van der Waals surface area (Å²) in [6, 6.07) is 20.6. The third-order valence-electron chi connectivity index (χ3n) is 8.04. The minimum absolute atomic E-state index is 0.0214. The first kappa shape index (κ1) is 35.7. The summed E-state index contributed by atoms with van der Waals surface area (Å²) in [7, 11) is -2.47. The fourth-order valence-corrected chi connectivity index (χ4v) is 7.10. The Morgan fingerprint density at radius 3 is 2.23 bits per heavy atom. The first-order chi connectivity index (χ1) is 22.5. The van der Waals surface area contributed by atoms with Crippen LogP contribution in [0.2, 0.25) is 0 Å². The number of nitrogens with zero attached hydrogens (tertiary/aromatic N) is 2. The monoisotopic (exact) mass is 660 g/mol. The van der Waals surface area contributed by atoms with E-state index in [1.807, 2.05) is 51.1 Å². The lowest BCUT2D eigenvalue weighted by molar-refractivity contribution is 0.0689. The highest BCUT2D eigenvalue weighted by atomic mass is 32.2. The second-order valence-electron chi connectivity index (χ2n) is 12.2. The van der Waals surface area contributed by atoms with Crippen molar-refractivity contribution in [2.75, 3.05) is 20.2 Å². The summed E-state index contributed by atoms with van der Waals surface area (Å²) >= 11 is 0. The van der Waals surface area contributed by atoms with Crippen molar-refractivity contribution >= 4 is 21.6 Å². The van der Waals surface area contributed by atoms with E-state index >= 15 is 0 Å². The molecule has 1 N–H and O–H groups in total. The lowest BCUT2D eigenvalue weighted by atomic mass is 9.86. The molecule has 0 saturated heterocycles. The smallest absolute Gasteiger partial charge is 0.243 e. The van der Waals surface area contributed by atoms with Crippen LogP contribution in [0.3, 0.4) is 0 Å². The molecule has 1 heterocycles. The van der Waals surface area contributed by atoms with Crippen LogP contribution in [-0.4, -0.2) is 60.7 Å². The van der Waals surface area contributed by atoms with Gasteiger partial charge in [0.25, 0.3) is 0 Å². The molecule has 4 aromatic rings. The average molecular weight is 661 g/mol. The Kier molecular flexibility index (Phi) is 12.6. The first-order valence-corrected chi connectivity index (χ1v) is 17.4. The summed E-state index contributed by atoms with van der Waals surface area (Å²) < 4.78 is 39.6. The summed E-state index contributed by atoms with van der Waals surface area (Å²) in [5, 5.41) is 11.7. The molecule has 4 rings (SSSR count). The second kappa shape index (κ2) is 16.6. The number of aromatic nitrogens is 1. The normalized spacial score (nSPS) is 13.1. The maximum Gasteiger partial charge on any atom is 0.243 e. The first-order valence-electron chi connectivity index (χ1n) is 16.0. The van der Waals surface area contributed by atoms with Crippen molar-refractivity contribution in [3.63, 3.8) is 0 Å². The lowest BCUT2D eigenvalue weighted by Crippen LogP contribution is -2.43. The van der Waals surface area contributed by atoms with Crippen LogP contribution < -0.4 is 4.74 Å². The number of hydrogen-bond acceptors (Lipinski definition) is 8. The number of carbonyl (C=O) groups is 2. The second-order valence-corrected chi connectivity index (χ2v) is 14.2. The van der Waals surface area contributed by atoms with Gasteiger partial charge in [0, 0.05) is 42.6 Å². The van der Waals surface area contributed by atoms with Gasteiger partial charge >= 0.3 is 0 Å². The van der Waals surface area contributed by atoms with Crippen molar-refractivity contribution in [3.8, 4) is 17.1 Å². The molecule has 3 aromatic carbocycles. The number of ether oxygens (including phenoxy) is 1. The largest absolute Gasteiger partial charge is 0.497 e. The number of Topliss-reactive ketones (excluding diaryl/α,β-unsaturated/α-hetero) is 2. The molecule has 9 nitrogen and oxygen atoms in total. The number of ketones is 2. The highest BCUT2D eigenvalue weighted by molar-refractivity contribution is 7.89. The number of methoxy groups -OCH3 is 1. The summed E-state index contributed by atoms with van der Waals surface area (Å²) in [6.07, 6.45) is 3.86. The van der Waals surface area contributed by atoms with Gasteiger partial charge in [0.1, 0.15) is 5.75 Å². The maximum absolute atomic E-state index is 14.0. The molecule has 0 bridgehead atoms. The number of oxazole rings is 1. The molecule has 0 radical (unpaired) electrons. The fraction of sp³-hybridized carbons (Fsp3) is 0.378. The Labute approximate surface area is 277 Å². The third-order valence-corrected chi connectivity index (χ3v) is 9.89. The number of unbranched alkanes of at least 4 members (excludes halogenated alkanes) is 1. The Balaban J connectivity index is 1.66. The van der Waals surface area contributed by atoms with Gasteiger partial charge in [-0.05, 0) is 72.7 Å². The molecule has 0 amide bonds. The molecular weight excluding hydrogens is 616 g/mol. The summed E-state index contributed by atoms with van der Waals surface area (Å²) in [4.78, 5) is 31.1. The molecule has 0 fully saturated rings. The van der Waals surface area contributed by atoms with Crippen LogP contribution in [0.25, 0.3) is 11.3 Å². The van der Waals surface area contributed by atoms with Crippen LogP contribution >= 0.6 is 0 Å². The van der Waals surface area contributed by atoms with E-state index in [2.05, 4.69) is 4.98 Å². The molecule has 47 heavy (non-hydrogen) atoms. The predicted octanol–water partition coefficient (Wildman–Crippen LogP) is 6.86. The molecule has 0 unspecified atom stereocenters. The van der Waals surface area contributed by atoms with E-state index in [1.54, 1.807) is 30.3 Å². The Morgan fingerprint density at radius 2 is 1.64 bits per heavy atom. The van der Waals surface area contributed by atoms with E-state index in [0.717, 1.165) is 18.4 Å². The van der Waals surface area contributed by atoms with E-state index < -0.39 is 22.0 Å². The van der Waals surface area contributed by atoms with Gasteiger partial charge in [-0.1, -0.05) is 57.5 Å². The zero-order chi connectivity index (χ0) is 34.0. The highest BCUT2D eigenvalue weighted by Gasteiger charge is 2.32. The van der Waals surface area contributed by atoms with Crippen molar-refractivity contribution < 1.29 is 32.3 Å². The highest BCUT2D eigenvalue weighted by Crippen LogP contribution is 2.28. The van der Waals surface area contributed by atoms with Crippen LogP contribution in [-0.2, 0) is 16.4 Å². The van der Waals surface area contributed by atoms with Crippen LogP contribution in [0.1, 0.15) is 72.7 Å². The van der Waals surface area contributed by atoms with Crippen LogP contribution in [0, 0.1) is 11.8 Å². The summed E-state index contributed by atoms with van der Waals surface area (Å²) in [6.45, 7) is 5.82. The molecule has 0 aliphatic rings. The van der Waals surface area contributed by atoms with Crippen LogP contribution in [0.4, 0.5) is 0 Å². The summed E-state index contributed by atoms with van der Waals surface area (Å²) in [5.41, 5.74) is 2.18. The van der Waals surface area contributed by atoms with Gasteiger partial charge in [0.15, 0.2) is 23.7 Å². The van der Waals surface area contributed by atoms with Gasteiger partial charge in [0.05, 0.1) is 24.3 Å².